The topological polar surface area (TPSA) is 98.7 Å². The van der Waals surface area contributed by atoms with Crippen molar-refractivity contribution in [2.24, 2.45) is 0 Å². The van der Waals surface area contributed by atoms with E-state index in [1.165, 1.54) is 6.92 Å². The van der Waals surface area contributed by atoms with Crippen molar-refractivity contribution < 1.29 is 19.5 Å². The summed E-state index contributed by atoms with van der Waals surface area (Å²) in [5.41, 5.74) is 0.498. The van der Waals surface area contributed by atoms with Crippen molar-refractivity contribution in [3.8, 4) is 0 Å². The summed E-state index contributed by atoms with van der Waals surface area (Å²) in [6.07, 6.45) is 0.359. The molecule has 0 radical (unpaired) electrons. The van der Waals surface area contributed by atoms with Gasteiger partial charge >= 0.3 is 5.97 Å². The highest BCUT2D eigenvalue weighted by atomic mass is 16.4. The maximum Gasteiger partial charge on any atom is 0.333 e. The first-order chi connectivity index (χ1) is 12.8. The van der Waals surface area contributed by atoms with Crippen molar-refractivity contribution in [3.05, 3.63) is 59.7 Å². The Kier molecular flexibility index (Phi) is 4.85. The Morgan fingerprint density at radius 1 is 1.19 bits per heavy atom. The molecule has 1 aliphatic rings. The first kappa shape index (κ1) is 18.4. The molecule has 0 aliphatic carbocycles. The molecule has 0 fully saturated rings. The fourth-order valence-electron chi connectivity index (χ4n) is 3.03. The number of rotatable bonds is 4. The van der Waals surface area contributed by atoms with Gasteiger partial charge in [0.25, 0.3) is 5.91 Å². The number of carboxylic acid groups (broad SMARTS) is 1. The summed E-state index contributed by atoms with van der Waals surface area (Å²) in [5, 5.41) is 15.1. The minimum atomic E-state index is -1.58. The SMILES string of the molecule is CN1CCC(=O)Nc2cc(C(=O)NC(C)(C(=O)O)c3ccccc3)ccc21. The molecule has 0 saturated carbocycles. The number of nitrogens with one attached hydrogen (secondary N) is 2. The molecule has 27 heavy (non-hydrogen) atoms. The van der Waals surface area contributed by atoms with E-state index in [-0.39, 0.29) is 11.5 Å². The third-order valence-electron chi connectivity index (χ3n) is 4.76. The van der Waals surface area contributed by atoms with Crippen molar-refractivity contribution in [1.82, 2.24) is 5.32 Å². The first-order valence-electron chi connectivity index (χ1n) is 8.58. The molecule has 2 aromatic carbocycles. The van der Waals surface area contributed by atoms with Crippen LogP contribution in [0.3, 0.4) is 0 Å². The number of carbonyl (C=O) groups is 3. The van der Waals surface area contributed by atoms with Crippen LogP contribution in [0.25, 0.3) is 0 Å². The Labute approximate surface area is 157 Å². The number of aliphatic carboxylic acids is 1. The predicted octanol–water partition coefficient (Wildman–Crippen LogP) is 2.19. The van der Waals surface area contributed by atoms with Crippen LogP contribution in [0.4, 0.5) is 11.4 Å². The van der Waals surface area contributed by atoms with E-state index in [0.717, 1.165) is 5.69 Å². The van der Waals surface area contributed by atoms with E-state index in [9.17, 15) is 19.5 Å². The molecule has 7 nitrogen and oxygen atoms in total. The summed E-state index contributed by atoms with van der Waals surface area (Å²) < 4.78 is 0. The van der Waals surface area contributed by atoms with Crippen molar-refractivity contribution in [2.45, 2.75) is 18.9 Å². The molecule has 2 aromatic rings. The maximum atomic E-state index is 12.8. The lowest BCUT2D eigenvalue weighted by Gasteiger charge is -2.27. The minimum absolute atomic E-state index is 0.127. The molecule has 0 bridgehead atoms. The van der Waals surface area contributed by atoms with E-state index in [1.807, 2.05) is 11.9 Å². The molecule has 1 aliphatic heterocycles. The Morgan fingerprint density at radius 2 is 1.89 bits per heavy atom. The summed E-state index contributed by atoms with van der Waals surface area (Å²) in [7, 11) is 1.87. The second-order valence-electron chi connectivity index (χ2n) is 6.70. The Morgan fingerprint density at radius 3 is 2.56 bits per heavy atom. The maximum absolute atomic E-state index is 12.8. The molecule has 0 saturated heterocycles. The van der Waals surface area contributed by atoms with Crippen LogP contribution in [-0.4, -0.2) is 36.5 Å². The zero-order valence-corrected chi connectivity index (χ0v) is 15.2. The summed E-state index contributed by atoms with van der Waals surface area (Å²) in [4.78, 5) is 38.4. The molecular weight excluding hydrogens is 346 g/mol. The van der Waals surface area contributed by atoms with Gasteiger partial charge in [0.1, 0.15) is 0 Å². The van der Waals surface area contributed by atoms with Crippen LogP contribution in [-0.2, 0) is 15.1 Å². The molecule has 1 atom stereocenters. The fraction of sp³-hybridized carbons (Fsp3) is 0.250. The molecule has 7 heteroatoms. The van der Waals surface area contributed by atoms with E-state index in [2.05, 4.69) is 10.6 Å². The molecular formula is C20H21N3O4. The number of fused-ring (bicyclic) bond motifs is 1. The normalized spacial score (nSPS) is 15.8. The van der Waals surface area contributed by atoms with Gasteiger partial charge in [0.2, 0.25) is 5.91 Å². The van der Waals surface area contributed by atoms with Gasteiger partial charge in [-0.15, -0.1) is 0 Å². The average molecular weight is 367 g/mol. The van der Waals surface area contributed by atoms with Gasteiger partial charge in [-0.25, -0.2) is 4.79 Å². The smallest absolute Gasteiger partial charge is 0.333 e. The van der Waals surface area contributed by atoms with Crippen LogP contribution in [0.15, 0.2) is 48.5 Å². The number of anilines is 2. The van der Waals surface area contributed by atoms with Crippen LogP contribution in [0.5, 0.6) is 0 Å². The molecule has 2 amide bonds. The third kappa shape index (κ3) is 3.62. The number of benzene rings is 2. The van der Waals surface area contributed by atoms with E-state index in [0.29, 0.717) is 24.2 Å². The van der Waals surface area contributed by atoms with E-state index in [1.54, 1.807) is 48.5 Å². The van der Waals surface area contributed by atoms with Gasteiger partial charge in [-0.3, -0.25) is 9.59 Å². The van der Waals surface area contributed by atoms with Crippen molar-refractivity contribution in [1.29, 1.82) is 0 Å². The van der Waals surface area contributed by atoms with Crippen molar-refractivity contribution >= 4 is 29.2 Å². The molecule has 0 spiro atoms. The summed E-state index contributed by atoms with van der Waals surface area (Å²) in [6, 6.07) is 13.5. The zero-order valence-electron chi connectivity index (χ0n) is 15.2. The minimum Gasteiger partial charge on any atom is -0.479 e. The third-order valence-corrected chi connectivity index (χ3v) is 4.76. The summed E-state index contributed by atoms with van der Waals surface area (Å²) in [5.74, 6) is -1.82. The number of hydrogen-bond donors (Lipinski definition) is 3. The molecule has 3 rings (SSSR count). The van der Waals surface area contributed by atoms with Gasteiger partial charge in [-0.05, 0) is 30.7 Å². The van der Waals surface area contributed by atoms with Gasteiger partial charge < -0.3 is 20.6 Å². The average Bonchev–Trinajstić information content (AvgIpc) is 2.80. The molecule has 140 valence electrons. The number of amides is 2. The zero-order chi connectivity index (χ0) is 19.6. The van der Waals surface area contributed by atoms with Gasteiger partial charge in [-0.2, -0.15) is 0 Å². The number of carboxylic acids is 1. The van der Waals surface area contributed by atoms with Crippen LogP contribution in [0, 0.1) is 0 Å². The fourth-order valence-corrected chi connectivity index (χ4v) is 3.03. The Hall–Kier alpha value is -3.35. The molecule has 1 unspecified atom stereocenters. The lowest BCUT2D eigenvalue weighted by atomic mass is 9.91. The van der Waals surface area contributed by atoms with Crippen LogP contribution >= 0.6 is 0 Å². The quantitative estimate of drug-likeness (QED) is 0.769. The highest BCUT2D eigenvalue weighted by Crippen LogP contribution is 2.29. The van der Waals surface area contributed by atoms with Crippen LogP contribution in [0.1, 0.15) is 29.3 Å². The largest absolute Gasteiger partial charge is 0.479 e. The number of carbonyl (C=O) groups excluding carboxylic acids is 2. The highest BCUT2D eigenvalue weighted by molar-refractivity contribution is 6.02. The molecule has 1 heterocycles. The lowest BCUT2D eigenvalue weighted by molar-refractivity contribution is -0.144. The predicted molar refractivity (Wildman–Crippen MR) is 102 cm³/mol. The number of hydrogen-bond acceptors (Lipinski definition) is 4. The summed E-state index contributed by atoms with van der Waals surface area (Å²) in [6.45, 7) is 2.02. The van der Waals surface area contributed by atoms with Crippen LogP contribution < -0.4 is 15.5 Å². The second-order valence-corrected chi connectivity index (χ2v) is 6.70. The van der Waals surface area contributed by atoms with E-state index in [4.69, 9.17) is 0 Å². The molecule has 3 N–H and O–H groups in total. The van der Waals surface area contributed by atoms with E-state index >= 15 is 0 Å². The second kappa shape index (κ2) is 7.11. The first-order valence-corrected chi connectivity index (χ1v) is 8.58. The molecule has 0 aromatic heterocycles. The van der Waals surface area contributed by atoms with Gasteiger partial charge in [-0.1, -0.05) is 30.3 Å². The monoisotopic (exact) mass is 367 g/mol. The Bertz CT molecular complexity index is 897. The van der Waals surface area contributed by atoms with Gasteiger partial charge in [0.15, 0.2) is 5.54 Å². The number of nitrogens with zero attached hydrogens (tertiary/aromatic N) is 1. The van der Waals surface area contributed by atoms with Crippen LogP contribution in [0.2, 0.25) is 0 Å². The van der Waals surface area contributed by atoms with Crippen molar-refractivity contribution in [2.75, 3.05) is 23.8 Å². The highest BCUT2D eigenvalue weighted by Gasteiger charge is 2.37. The Balaban J connectivity index is 1.92. The van der Waals surface area contributed by atoms with Gasteiger partial charge in [0, 0.05) is 25.6 Å². The van der Waals surface area contributed by atoms with E-state index < -0.39 is 17.4 Å². The lowest BCUT2D eigenvalue weighted by Crippen LogP contribution is -2.49. The van der Waals surface area contributed by atoms with Crippen molar-refractivity contribution in [3.63, 3.8) is 0 Å². The summed E-state index contributed by atoms with van der Waals surface area (Å²) >= 11 is 0. The standard InChI is InChI=1S/C20H21N3O4/c1-20(19(26)27,14-6-4-3-5-7-14)22-18(25)13-8-9-16-15(12-13)21-17(24)10-11-23(16)2/h3-9,12H,10-11H2,1-2H3,(H,21,24)(H,22,25)(H,26,27). The van der Waals surface area contributed by atoms with Gasteiger partial charge in [0.05, 0.1) is 11.4 Å².